The Morgan fingerprint density at radius 1 is 1.23 bits per heavy atom. The van der Waals surface area contributed by atoms with Crippen molar-refractivity contribution in [1.29, 1.82) is 0 Å². The number of aryl methyl sites for hydroxylation is 1. The Bertz CT molecular complexity index is 1090. The number of hydrogen-bond acceptors (Lipinski definition) is 8. The molecule has 11 heteroatoms. The highest BCUT2D eigenvalue weighted by atomic mass is 32.1. The van der Waals surface area contributed by atoms with Crippen LogP contribution in [0.2, 0.25) is 0 Å². The van der Waals surface area contributed by atoms with E-state index in [1.54, 1.807) is 12.3 Å². The van der Waals surface area contributed by atoms with Crippen LogP contribution in [0.15, 0.2) is 24.4 Å². The highest BCUT2D eigenvalue weighted by Crippen LogP contribution is 2.39. The van der Waals surface area contributed by atoms with Crippen molar-refractivity contribution in [3.8, 4) is 10.7 Å². The molecule has 0 radical (unpaired) electrons. The van der Waals surface area contributed by atoms with Crippen molar-refractivity contribution in [2.24, 2.45) is 11.8 Å². The summed E-state index contributed by atoms with van der Waals surface area (Å²) in [5.74, 6) is 0.185. The molecule has 2 saturated heterocycles. The van der Waals surface area contributed by atoms with Crippen LogP contribution in [-0.2, 0) is 11.3 Å². The number of benzene rings is 1. The van der Waals surface area contributed by atoms with Crippen molar-refractivity contribution >= 4 is 28.1 Å². The zero-order chi connectivity index (χ0) is 20.8. The van der Waals surface area contributed by atoms with Gasteiger partial charge in [-0.1, -0.05) is 17.4 Å². The molecule has 5 rings (SSSR count). The number of carboxylic acid groups (broad SMARTS) is 1. The molecule has 4 heterocycles. The number of fused-ring (bicyclic) bond motifs is 1. The average Bonchev–Trinajstić information content (AvgIpc) is 3.44. The number of aliphatic carboxylic acids is 1. The van der Waals surface area contributed by atoms with Gasteiger partial charge in [0.1, 0.15) is 5.82 Å². The summed E-state index contributed by atoms with van der Waals surface area (Å²) in [4.78, 5) is 21.7. The van der Waals surface area contributed by atoms with Gasteiger partial charge >= 0.3 is 5.97 Å². The second-order valence-electron chi connectivity index (χ2n) is 7.81. The van der Waals surface area contributed by atoms with Crippen molar-refractivity contribution in [3.05, 3.63) is 35.8 Å². The summed E-state index contributed by atoms with van der Waals surface area (Å²) in [6.45, 7) is 5.33. The molecule has 1 aromatic carbocycles. The quantitative estimate of drug-likeness (QED) is 0.657. The Hall–Kier alpha value is -3.08. The van der Waals surface area contributed by atoms with Crippen molar-refractivity contribution < 1.29 is 14.3 Å². The number of carbonyl (C=O) groups is 1. The predicted molar refractivity (Wildman–Crippen MR) is 109 cm³/mol. The van der Waals surface area contributed by atoms with Gasteiger partial charge in [-0.2, -0.15) is 4.80 Å². The lowest BCUT2D eigenvalue weighted by molar-refractivity contribution is -0.138. The molecule has 0 spiro atoms. The van der Waals surface area contributed by atoms with Crippen LogP contribution < -0.4 is 9.80 Å². The number of aromatic nitrogens is 5. The van der Waals surface area contributed by atoms with E-state index in [-0.39, 0.29) is 12.4 Å². The lowest BCUT2D eigenvalue weighted by atomic mass is 10.0. The Balaban J connectivity index is 1.25. The number of tetrazole rings is 1. The molecule has 2 aromatic heterocycles. The maximum atomic E-state index is 13.7. The Morgan fingerprint density at radius 2 is 1.97 bits per heavy atom. The van der Waals surface area contributed by atoms with Crippen molar-refractivity contribution in [3.63, 3.8) is 0 Å². The standard InChI is InChI=1S/C19H20FN7O2S/c1-11-2-3-14(20)4-15(11)25-6-12-8-26(9-13(12)7-25)19-21-5-16(30-19)18-22-24-27(23-18)10-17(28)29/h2-5,12-13H,6-10H2,1H3,(H,28,29). The van der Waals surface area contributed by atoms with Gasteiger partial charge in [-0.25, -0.2) is 9.37 Å². The molecule has 2 fully saturated rings. The SMILES string of the molecule is Cc1ccc(F)cc1N1CC2CN(c3ncc(-c4nnn(CC(=O)O)n4)s3)CC2C1. The molecule has 0 bridgehead atoms. The van der Waals surface area contributed by atoms with Gasteiger partial charge < -0.3 is 14.9 Å². The summed E-state index contributed by atoms with van der Waals surface area (Å²) in [6.07, 6.45) is 1.71. The normalized spacial score (nSPS) is 20.7. The van der Waals surface area contributed by atoms with Crippen LogP contribution in [0.5, 0.6) is 0 Å². The van der Waals surface area contributed by atoms with Gasteiger partial charge in [0.05, 0.1) is 11.1 Å². The summed E-state index contributed by atoms with van der Waals surface area (Å²) >= 11 is 1.48. The third-order valence-corrected chi connectivity index (χ3v) is 6.77. The lowest BCUT2D eigenvalue weighted by Crippen LogP contribution is -2.29. The number of hydrogen-bond donors (Lipinski definition) is 1. The maximum absolute atomic E-state index is 13.7. The van der Waals surface area contributed by atoms with Crippen molar-refractivity contribution in [1.82, 2.24) is 25.2 Å². The second-order valence-corrected chi connectivity index (χ2v) is 8.81. The molecule has 0 amide bonds. The van der Waals surface area contributed by atoms with Gasteiger partial charge in [-0.15, -0.1) is 10.2 Å². The Kier molecular flexibility index (Phi) is 4.61. The van der Waals surface area contributed by atoms with Crippen LogP contribution in [0.25, 0.3) is 10.7 Å². The molecule has 0 saturated carbocycles. The fraction of sp³-hybridized carbons (Fsp3) is 0.421. The summed E-state index contributed by atoms with van der Waals surface area (Å²) in [6, 6.07) is 4.97. The van der Waals surface area contributed by atoms with Gasteiger partial charge in [0.2, 0.25) is 5.82 Å². The van der Waals surface area contributed by atoms with Gasteiger partial charge in [-0.05, 0) is 29.8 Å². The van der Waals surface area contributed by atoms with Crippen LogP contribution in [0.1, 0.15) is 5.56 Å². The largest absolute Gasteiger partial charge is 0.480 e. The minimum absolute atomic E-state index is 0.196. The van der Waals surface area contributed by atoms with E-state index >= 15 is 0 Å². The smallest absolute Gasteiger partial charge is 0.327 e. The molecular formula is C19H20FN7O2S. The van der Waals surface area contributed by atoms with E-state index in [1.165, 1.54) is 17.4 Å². The van der Waals surface area contributed by atoms with Crippen LogP contribution in [-0.4, -0.2) is 62.4 Å². The molecule has 2 unspecified atom stereocenters. The van der Waals surface area contributed by atoms with E-state index < -0.39 is 5.97 Å². The highest BCUT2D eigenvalue weighted by Gasteiger charge is 2.41. The fourth-order valence-electron chi connectivity index (χ4n) is 4.31. The second kappa shape index (κ2) is 7.31. The first kappa shape index (κ1) is 18.9. The minimum atomic E-state index is -1.02. The lowest BCUT2D eigenvalue weighted by Gasteiger charge is -2.24. The zero-order valence-corrected chi connectivity index (χ0v) is 17.1. The number of carboxylic acids is 1. The monoisotopic (exact) mass is 429 g/mol. The molecular weight excluding hydrogens is 409 g/mol. The van der Waals surface area contributed by atoms with E-state index in [0.717, 1.165) is 52.2 Å². The first-order chi connectivity index (χ1) is 14.5. The number of anilines is 2. The molecule has 0 aliphatic carbocycles. The van der Waals surface area contributed by atoms with Crippen molar-refractivity contribution in [2.45, 2.75) is 13.5 Å². The van der Waals surface area contributed by atoms with Crippen LogP contribution in [0.3, 0.4) is 0 Å². The highest BCUT2D eigenvalue weighted by molar-refractivity contribution is 7.18. The number of nitrogens with zero attached hydrogens (tertiary/aromatic N) is 7. The maximum Gasteiger partial charge on any atom is 0.327 e. The number of halogens is 1. The summed E-state index contributed by atoms with van der Waals surface area (Å²) < 4.78 is 13.7. The molecule has 30 heavy (non-hydrogen) atoms. The first-order valence-electron chi connectivity index (χ1n) is 9.68. The van der Waals surface area contributed by atoms with Crippen molar-refractivity contribution in [2.75, 3.05) is 36.0 Å². The number of rotatable bonds is 5. The molecule has 2 atom stereocenters. The first-order valence-corrected chi connectivity index (χ1v) is 10.5. The molecule has 9 nitrogen and oxygen atoms in total. The molecule has 1 N–H and O–H groups in total. The Morgan fingerprint density at radius 3 is 2.70 bits per heavy atom. The average molecular weight is 429 g/mol. The predicted octanol–water partition coefficient (Wildman–Crippen LogP) is 1.90. The number of thiazole rings is 1. The summed E-state index contributed by atoms with van der Waals surface area (Å²) in [5, 5.41) is 21.5. The van der Waals surface area contributed by atoms with E-state index in [0.29, 0.717) is 17.7 Å². The third kappa shape index (κ3) is 3.49. The van der Waals surface area contributed by atoms with Gasteiger partial charge in [0.15, 0.2) is 11.7 Å². The summed E-state index contributed by atoms with van der Waals surface area (Å²) in [7, 11) is 0. The van der Waals surface area contributed by atoms with Crippen LogP contribution >= 0.6 is 11.3 Å². The van der Waals surface area contributed by atoms with Gasteiger partial charge in [0, 0.05) is 43.7 Å². The Labute approximate surface area is 175 Å². The molecule has 3 aromatic rings. The third-order valence-electron chi connectivity index (χ3n) is 5.71. The molecule has 156 valence electrons. The van der Waals surface area contributed by atoms with E-state index in [1.807, 2.05) is 13.0 Å². The van der Waals surface area contributed by atoms with E-state index in [4.69, 9.17) is 5.11 Å². The fourth-order valence-corrected chi connectivity index (χ4v) is 5.17. The van der Waals surface area contributed by atoms with E-state index in [9.17, 15) is 9.18 Å². The van der Waals surface area contributed by atoms with Crippen LogP contribution in [0.4, 0.5) is 15.2 Å². The van der Waals surface area contributed by atoms with Gasteiger partial charge in [-0.3, -0.25) is 4.79 Å². The van der Waals surface area contributed by atoms with Gasteiger partial charge in [0.25, 0.3) is 0 Å². The molecule has 2 aliphatic rings. The summed E-state index contributed by atoms with van der Waals surface area (Å²) in [5.41, 5.74) is 2.09. The zero-order valence-electron chi connectivity index (χ0n) is 16.3. The van der Waals surface area contributed by atoms with Crippen LogP contribution in [0, 0.1) is 24.6 Å². The van der Waals surface area contributed by atoms with E-state index in [2.05, 4.69) is 30.2 Å². The minimum Gasteiger partial charge on any atom is -0.480 e. The topological polar surface area (TPSA) is 100 Å². The molecule has 2 aliphatic heterocycles.